The number of hydrogen-bond acceptors (Lipinski definition) is 3. The Bertz CT molecular complexity index is 821. The summed E-state index contributed by atoms with van der Waals surface area (Å²) in [5.41, 5.74) is 2.09. The Kier molecular flexibility index (Phi) is 4.21. The molecule has 2 aromatic carbocycles. The fourth-order valence-electron chi connectivity index (χ4n) is 3.17. The van der Waals surface area contributed by atoms with Crippen LogP contribution in [0.25, 0.3) is 0 Å². The van der Waals surface area contributed by atoms with Gasteiger partial charge in [-0.15, -0.1) is 0 Å². The number of nitrogens with one attached hydrogen (secondary N) is 1. The summed E-state index contributed by atoms with van der Waals surface area (Å²) in [6.07, 6.45) is 4.27. The van der Waals surface area contributed by atoms with E-state index in [-0.39, 0.29) is 12.0 Å². The quantitative estimate of drug-likeness (QED) is 0.781. The van der Waals surface area contributed by atoms with Gasteiger partial charge in [-0.25, -0.2) is 0 Å². The minimum absolute atomic E-state index is 0.0320. The summed E-state index contributed by atoms with van der Waals surface area (Å²) >= 11 is 0. The molecule has 1 N–H and O–H groups in total. The van der Waals surface area contributed by atoms with Gasteiger partial charge in [0.05, 0.1) is 6.54 Å². The van der Waals surface area contributed by atoms with Gasteiger partial charge in [0.25, 0.3) is 0 Å². The maximum atomic E-state index is 12.8. The van der Waals surface area contributed by atoms with Crippen molar-refractivity contribution in [1.29, 1.82) is 0 Å². The lowest BCUT2D eigenvalue weighted by molar-refractivity contribution is -0.123. The fourth-order valence-corrected chi connectivity index (χ4v) is 3.17. The molecule has 0 saturated heterocycles. The molecule has 126 valence electrons. The smallest absolute Gasteiger partial charge is 0.249 e. The number of aromatic nitrogens is 2. The number of para-hydroxylation sites is 1. The molecule has 3 aromatic rings. The summed E-state index contributed by atoms with van der Waals surface area (Å²) in [7, 11) is 0. The number of carbonyl (C=O) groups excluding carboxylic acids is 1. The van der Waals surface area contributed by atoms with Crippen LogP contribution in [0.3, 0.4) is 0 Å². The second-order valence-corrected chi connectivity index (χ2v) is 6.10. The molecule has 0 spiro atoms. The third-order valence-electron chi connectivity index (χ3n) is 4.37. The molecule has 1 aliphatic rings. The molecule has 0 radical (unpaired) electrons. The number of benzene rings is 2. The summed E-state index contributed by atoms with van der Waals surface area (Å²) < 4.78 is 7.57. The Morgan fingerprint density at radius 1 is 1.16 bits per heavy atom. The highest BCUT2D eigenvalue weighted by molar-refractivity contribution is 5.83. The zero-order valence-corrected chi connectivity index (χ0v) is 13.7. The molecule has 0 bridgehead atoms. The number of amides is 1. The van der Waals surface area contributed by atoms with E-state index in [0.717, 1.165) is 17.7 Å². The fraction of sp³-hybridized carbons (Fsp3) is 0.200. The SMILES string of the molecule is O=C(NC[C@H]1Cc2ccccc2O1)[C@H](c1ccccc1)n1cccn1. The maximum absolute atomic E-state index is 12.8. The summed E-state index contributed by atoms with van der Waals surface area (Å²) in [5.74, 6) is 0.822. The van der Waals surface area contributed by atoms with Crippen LogP contribution in [0.2, 0.25) is 0 Å². The topological polar surface area (TPSA) is 56.1 Å². The molecule has 5 heteroatoms. The molecule has 1 aliphatic heterocycles. The van der Waals surface area contributed by atoms with Crippen LogP contribution in [0.4, 0.5) is 0 Å². The number of hydrogen-bond donors (Lipinski definition) is 1. The van der Waals surface area contributed by atoms with Crippen molar-refractivity contribution in [3.8, 4) is 5.75 Å². The molecule has 4 rings (SSSR count). The van der Waals surface area contributed by atoms with E-state index in [2.05, 4.69) is 16.5 Å². The normalized spacial score (nSPS) is 16.7. The van der Waals surface area contributed by atoms with E-state index in [1.807, 2.05) is 54.6 Å². The Morgan fingerprint density at radius 2 is 1.96 bits per heavy atom. The minimum Gasteiger partial charge on any atom is -0.488 e. The predicted octanol–water partition coefficient (Wildman–Crippen LogP) is 2.59. The number of carbonyl (C=O) groups is 1. The van der Waals surface area contributed by atoms with Crippen LogP contribution in [0.5, 0.6) is 5.75 Å². The molecule has 1 aromatic heterocycles. The molecule has 5 nitrogen and oxygen atoms in total. The van der Waals surface area contributed by atoms with E-state index in [0.29, 0.717) is 6.54 Å². The van der Waals surface area contributed by atoms with E-state index in [4.69, 9.17) is 4.74 Å². The van der Waals surface area contributed by atoms with E-state index in [9.17, 15) is 4.79 Å². The van der Waals surface area contributed by atoms with Crippen molar-refractivity contribution in [2.75, 3.05) is 6.54 Å². The van der Waals surface area contributed by atoms with Crippen molar-refractivity contribution in [1.82, 2.24) is 15.1 Å². The van der Waals surface area contributed by atoms with Gasteiger partial charge in [0.15, 0.2) is 6.04 Å². The number of fused-ring (bicyclic) bond motifs is 1. The molecule has 25 heavy (non-hydrogen) atoms. The van der Waals surface area contributed by atoms with Crippen LogP contribution >= 0.6 is 0 Å². The minimum atomic E-state index is -0.486. The first-order valence-corrected chi connectivity index (χ1v) is 8.37. The Balaban J connectivity index is 1.45. The summed E-state index contributed by atoms with van der Waals surface area (Å²) in [6, 6.07) is 19.0. The van der Waals surface area contributed by atoms with Gasteiger partial charge in [-0.05, 0) is 23.3 Å². The summed E-state index contributed by atoms with van der Waals surface area (Å²) in [5, 5.41) is 7.27. The molecule has 0 saturated carbocycles. The van der Waals surface area contributed by atoms with E-state index < -0.39 is 6.04 Å². The molecule has 2 heterocycles. The highest BCUT2D eigenvalue weighted by atomic mass is 16.5. The van der Waals surface area contributed by atoms with E-state index >= 15 is 0 Å². The molecule has 0 fully saturated rings. The third-order valence-corrected chi connectivity index (χ3v) is 4.37. The lowest BCUT2D eigenvalue weighted by atomic mass is 10.1. The van der Waals surface area contributed by atoms with Crippen molar-refractivity contribution in [3.63, 3.8) is 0 Å². The lowest BCUT2D eigenvalue weighted by Gasteiger charge is -2.19. The van der Waals surface area contributed by atoms with Gasteiger partial charge < -0.3 is 10.1 Å². The standard InChI is InChI=1S/C20H19N3O2/c24-20(21-14-17-13-16-9-4-5-10-18(16)25-17)19(23-12-6-11-22-23)15-7-2-1-3-8-15/h1-12,17,19H,13-14H2,(H,21,24)/t17-,19+/m1/s1. The van der Waals surface area contributed by atoms with Crippen LogP contribution in [0.1, 0.15) is 17.2 Å². The van der Waals surface area contributed by atoms with Gasteiger partial charge in [0.1, 0.15) is 11.9 Å². The third kappa shape index (κ3) is 3.26. The monoisotopic (exact) mass is 333 g/mol. The highest BCUT2D eigenvalue weighted by Crippen LogP contribution is 2.28. The van der Waals surface area contributed by atoms with Gasteiger partial charge >= 0.3 is 0 Å². The van der Waals surface area contributed by atoms with Crippen LogP contribution in [-0.4, -0.2) is 28.3 Å². The van der Waals surface area contributed by atoms with Crippen molar-refractivity contribution < 1.29 is 9.53 Å². The predicted molar refractivity (Wildman–Crippen MR) is 94.4 cm³/mol. The Labute approximate surface area is 146 Å². The largest absolute Gasteiger partial charge is 0.488 e. The Morgan fingerprint density at radius 3 is 2.72 bits per heavy atom. The van der Waals surface area contributed by atoms with Gasteiger partial charge in [0.2, 0.25) is 5.91 Å². The van der Waals surface area contributed by atoms with Gasteiger partial charge in [-0.2, -0.15) is 5.10 Å². The van der Waals surface area contributed by atoms with Crippen molar-refractivity contribution in [2.24, 2.45) is 0 Å². The number of nitrogens with zero attached hydrogens (tertiary/aromatic N) is 2. The van der Waals surface area contributed by atoms with Gasteiger partial charge in [-0.3, -0.25) is 9.48 Å². The first kappa shape index (κ1) is 15.4. The lowest BCUT2D eigenvalue weighted by Crippen LogP contribution is -2.39. The molecular weight excluding hydrogens is 314 g/mol. The van der Waals surface area contributed by atoms with Crippen LogP contribution in [0.15, 0.2) is 73.1 Å². The first-order chi connectivity index (χ1) is 12.3. The molecule has 0 unspecified atom stereocenters. The molecule has 0 aliphatic carbocycles. The van der Waals surface area contributed by atoms with Gasteiger partial charge in [0, 0.05) is 18.8 Å². The van der Waals surface area contributed by atoms with E-state index in [1.54, 1.807) is 17.1 Å². The highest BCUT2D eigenvalue weighted by Gasteiger charge is 2.26. The molecule has 1 amide bonds. The van der Waals surface area contributed by atoms with E-state index in [1.165, 1.54) is 5.56 Å². The van der Waals surface area contributed by atoms with Crippen molar-refractivity contribution >= 4 is 5.91 Å². The molecule has 2 atom stereocenters. The van der Waals surface area contributed by atoms with Crippen LogP contribution < -0.4 is 10.1 Å². The average molecular weight is 333 g/mol. The van der Waals surface area contributed by atoms with Crippen molar-refractivity contribution in [2.45, 2.75) is 18.6 Å². The average Bonchev–Trinajstić information content (AvgIpc) is 3.30. The summed E-state index contributed by atoms with van der Waals surface area (Å²) in [4.78, 5) is 12.8. The summed E-state index contributed by atoms with van der Waals surface area (Å²) in [6.45, 7) is 0.470. The van der Waals surface area contributed by atoms with Crippen LogP contribution in [-0.2, 0) is 11.2 Å². The molecular formula is C20H19N3O2. The maximum Gasteiger partial charge on any atom is 0.249 e. The first-order valence-electron chi connectivity index (χ1n) is 8.37. The zero-order chi connectivity index (χ0) is 17.1. The Hall–Kier alpha value is -3.08. The number of ether oxygens (including phenoxy) is 1. The second-order valence-electron chi connectivity index (χ2n) is 6.10. The number of rotatable bonds is 5. The van der Waals surface area contributed by atoms with Crippen LogP contribution in [0, 0.1) is 0 Å². The van der Waals surface area contributed by atoms with Gasteiger partial charge in [-0.1, -0.05) is 48.5 Å². The second kappa shape index (κ2) is 6.81. The zero-order valence-electron chi connectivity index (χ0n) is 13.7. The van der Waals surface area contributed by atoms with Crippen molar-refractivity contribution in [3.05, 3.63) is 84.2 Å².